The number of nitrogens with one attached hydrogen (secondary N) is 1. The summed E-state index contributed by atoms with van der Waals surface area (Å²) >= 11 is 0. The summed E-state index contributed by atoms with van der Waals surface area (Å²) in [5, 5.41) is 3.39. The van der Waals surface area contributed by atoms with Crippen LogP contribution in [0.15, 0.2) is 18.2 Å². The lowest BCUT2D eigenvalue weighted by Crippen LogP contribution is -2.48. The Morgan fingerprint density at radius 1 is 1.53 bits per heavy atom. The third kappa shape index (κ3) is 2.96. The molecule has 1 aliphatic heterocycles. The van der Waals surface area contributed by atoms with Crippen molar-refractivity contribution in [1.29, 1.82) is 0 Å². The van der Waals surface area contributed by atoms with E-state index in [4.69, 9.17) is 4.74 Å². The number of ether oxygens (including phenoxy) is 1. The van der Waals surface area contributed by atoms with E-state index in [2.05, 4.69) is 17.1 Å². The number of piperazine rings is 1. The minimum atomic E-state index is -0.284. The highest BCUT2D eigenvalue weighted by Gasteiger charge is 2.18. The molecular formula is C13H19FN2O. The Balaban J connectivity index is 2.10. The van der Waals surface area contributed by atoms with Crippen molar-refractivity contribution >= 4 is 0 Å². The minimum Gasteiger partial charge on any atom is -0.493 e. The first-order chi connectivity index (χ1) is 8.20. The Morgan fingerprint density at radius 3 is 3.06 bits per heavy atom. The first kappa shape index (κ1) is 12.3. The van der Waals surface area contributed by atoms with Gasteiger partial charge in [0.25, 0.3) is 0 Å². The topological polar surface area (TPSA) is 24.5 Å². The molecule has 0 aliphatic carbocycles. The molecule has 1 aromatic rings. The third-order valence-corrected chi connectivity index (χ3v) is 3.10. The van der Waals surface area contributed by atoms with Gasteiger partial charge in [-0.2, -0.15) is 0 Å². The molecule has 1 N–H and O–H groups in total. The van der Waals surface area contributed by atoms with Crippen LogP contribution in [0.5, 0.6) is 5.75 Å². The summed E-state index contributed by atoms with van der Waals surface area (Å²) in [7, 11) is 1.52. The molecule has 1 aromatic carbocycles. The molecule has 0 amide bonds. The zero-order valence-electron chi connectivity index (χ0n) is 10.4. The molecule has 0 unspecified atom stereocenters. The van der Waals surface area contributed by atoms with Gasteiger partial charge in [0.1, 0.15) is 0 Å². The van der Waals surface area contributed by atoms with E-state index in [1.165, 1.54) is 13.2 Å². The van der Waals surface area contributed by atoms with E-state index in [0.29, 0.717) is 11.8 Å². The molecule has 1 saturated heterocycles. The zero-order chi connectivity index (χ0) is 12.3. The van der Waals surface area contributed by atoms with E-state index in [0.717, 1.165) is 31.7 Å². The van der Waals surface area contributed by atoms with Crippen LogP contribution < -0.4 is 10.1 Å². The van der Waals surface area contributed by atoms with Crippen molar-refractivity contribution in [3.8, 4) is 5.75 Å². The van der Waals surface area contributed by atoms with Crippen LogP contribution >= 0.6 is 0 Å². The Kier molecular flexibility index (Phi) is 3.97. The molecule has 3 nitrogen and oxygen atoms in total. The first-order valence-corrected chi connectivity index (χ1v) is 5.98. The van der Waals surface area contributed by atoms with Crippen molar-refractivity contribution < 1.29 is 9.13 Å². The smallest absolute Gasteiger partial charge is 0.165 e. The number of nitrogens with zero attached hydrogens (tertiary/aromatic N) is 1. The predicted molar refractivity (Wildman–Crippen MR) is 65.7 cm³/mol. The van der Waals surface area contributed by atoms with E-state index >= 15 is 0 Å². The maximum Gasteiger partial charge on any atom is 0.165 e. The molecule has 0 saturated carbocycles. The highest BCUT2D eigenvalue weighted by atomic mass is 19.1. The molecule has 4 heteroatoms. The van der Waals surface area contributed by atoms with Crippen molar-refractivity contribution in [3.63, 3.8) is 0 Å². The zero-order valence-corrected chi connectivity index (χ0v) is 10.4. The van der Waals surface area contributed by atoms with Crippen molar-refractivity contribution in [2.75, 3.05) is 26.7 Å². The normalized spacial score (nSPS) is 21.5. The van der Waals surface area contributed by atoms with Gasteiger partial charge in [0.15, 0.2) is 11.6 Å². The number of methoxy groups -OCH3 is 1. The SMILES string of the molecule is COc1c(F)cccc1CN1CCN[C@H](C)C1. The Morgan fingerprint density at radius 2 is 2.35 bits per heavy atom. The number of rotatable bonds is 3. The van der Waals surface area contributed by atoms with Gasteiger partial charge in [-0.1, -0.05) is 12.1 Å². The third-order valence-electron chi connectivity index (χ3n) is 3.10. The summed E-state index contributed by atoms with van der Waals surface area (Å²) in [6.45, 7) is 5.87. The second kappa shape index (κ2) is 5.47. The molecule has 1 atom stereocenters. The largest absolute Gasteiger partial charge is 0.493 e. The second-order valence-corrected chi connectivity index (χ2v) is 4.52. The number of halogens is 1. The highest BCUT2D eigenvalue weighted by molar-refractivity contribution is 5.34. The average Bonchev–Trinajstić information content (AvgIpc) is 2.29. The van der Waals surface area contributed by atoms with E-state index < -0.39 is 0 Å². The molecule has 1 heterocycles. The Bertz CT molecular complexity index is 384. The number of benzene rings is 1. The molecule has 94 valence electrons. The monoisotopic (exact) mass is 238 g/mol. The summed E-state index contributed by atoms with van der Waals surface area (Å²) < 4.78 is 18.7. The van der Waals surface area contributed by atoms with Gasteiger partial charge in [-0.15, -0.1) is 0 Å². The fourth-order valence-corrected chi connectivity index (χ4v) is 2.30. The summed E-state index contributed by atoms with van der Waals surface area (Å²) in [4.78, 5) is 2.32. The van der Waals surface area contributed by atoms with Crippen LogP contribution in [0.3, 0.4) is 0 Å². The molecule has 2 rings (SSSR count). The van der Waals surface area contributed by atoms with E-state index in [1.807, 2.05) is 6.07 Å². The lowest BCUT2D eigenvalue weighted by molar-refractivity contribution is 0.197. The van der Waals surface area contributed by atoms with Crippen molar-refractivity contribution in [3.05, 3.63) is 29.6 Å². The van der Waals surface area contributed by atoms with Gasteiger partial charge in [-0.05, 0) is 13.0 Å². The maximum absolute atomic E-state index is 13.5. The molecule has 0 aromatic heterocycles. The number of para-hydroxylation sites is 1. The molecule has 0 radical (unpaired) electrons. The van der Waals surface area contributed by atoms with Gasteiger partial charge >= 0.3 is 0 Å². The Labute approximate surface area is 102 Å². The molecule has 0 spiro atoms. The summed E-state index contributed by atoms with van der Waals surface area (Å²) in [5.41, 5.74) is 0.918. The summed E-state index contributed by atoms with van der Waals surface area (Å²) in [5.74, 6) is 0.0897. The van der Waals surface area contributed by atoms with Crippen molar-refractivity contribution in [2.24, 2.45) is 0 Å². The summed E-state index contributed by atoms with van der Waals surface area (Å²) in [6, 6.07) is 5.58. The predicted octanol–water partition coefficient (Wildman–Crippen LogP) is 1.63. The van der Waals surface area contributed by atoms with Gasteiger partial charge in [-0.25, -0.2) is 4.39 Å². The number of hydrogen-bond donors (Lipinski definition) is 1. The van der Waals surface area contributed by atoms with Crippen molar-refractivity contribution in [2.45, 2.75) is 19.5 Å². The van der Waals surface area contributed by atoms with E-state index in [9.17, 15) is 4.39 Å². The van der Waals surface area contributed by atoms with Crippen molar-refractivity contribution in [1.82, 2.24) is 10.2 Å². The van der Waals surface area contributed by atoms with Gasteiger partial charge in [0, 0.05) is 37.8 Å². The molecule has 17 heavy (non-hydrogen) atoms. The highest BCUT2D eigenvalue weighted by Crippen LogP contribution is 2.23. The molecular weight excluding hydrogens is 219 g/mol. The fraction of sp³-hybridized carbons (Fsp3) is 0.538. The van der Waals surface area contributed by atoms with Crippen LogP contribution in [0.4, 0.5) is 4.39 Å². The maximum atomic E-state index is 13.5. The van der Waals surface area contributed by atoms with E-state index in [-0.39, 0.29) is 5.82 Å². The standard InChI is InChI=1S/C13H19FN2O/c1-10-8-16(7-6-15-10)9-11-4-3-5-12(14)13(11)17-2/h3-5,10,15H,6-9H2,1-2H3/t10-/m1/s1. The van der Waals surface area contributed by atoms with Crippen LogP contribution in [-0.4, -0.2) is 37.7 Å². The van der Waals surface area contributed by atoms with Gasteiger partial charge < -0.3 is 10.1 Å². The Hall–Kier alpha value is -1.13. The first-order valence-electron chi connectivity index (χ1n) is 5.98. The van der Waals surface area contributed by atoms with Crippen LogP contribution in [-0.2, 0) is 6.54 Å². The van der Waals surface area contributed by atoms with Gasteiger partial charge in [0.2, 0.25) is 0 Å². The van der Waals surface area contributed by atoms with Crippen LogP contribution in [0.1, 0.15) is 12.5 Å². The second-order valence-electron chi connectivity index (χ2n) is 4.52. The minimum absolute atomic E-state index is 0.284. The average molecular weight is 238 g/mol. The number of hydrogen-bond acceptors (Lipinski definition) is 3. The quantitative estimate of drug-likeness (QED) is 0.866. The van der Waals surface area contributed by atoms with Crippen LogP contribution in [0.25, 0.3) is 0 Å². The molecule has 1 fully saturated rings. The van der Waals surface area contributed by atoms with Gasteiger partial charge in [-0.3, -0.25) is 4.90 Å². The fourth-order valence-electron chi connectivity index (χ4n) is 2.30. The van der Waals surface area contributed by atoms with E-state index in [1.54, 1.807) is 6.07 Å². The van der Waals surface area contributed by atoms with Gasteiger partial charge in [0.05, 0.1) is 7.11 Å². The van der Waals surface area contributed by atoms with Crippen LogP contribution in [0, 0.1) is 5.82 Å². The lowest BCUT2D eigenvalue weighted by atomic mass is 10.1. The van der Waals surface area contributed by atoms with Crippen LogP contribution in [0.2, 0.25) is 0 Å². The molecule has 1 aliphatic rings. The lowest BCUT2D eigenvalue weighted by Gasteiger charge is -2.32. The summed E-state index contributed by atoms with van der Waals surface area (Å²) in [6.07, 6.45) is 0. The molecule has 0 bridgehead atoms.